The molecule has 0 amide bonds. The number of hydrogen-bond donors (Lipinski definition) is 1. The van der Waals surface area contributed by atoms with E-state index in [0.29, 0.717) is 17.4 Å². The van der Waals surface area contributed by atoms with Gasteiger partial charge in [-0.25, -0.2) is 13.1 Å². The van der Waals surface area contributed by atoms with E-state index < -0.39 is 16.1 Å². The van der Waals surface area contributed by atoms with Crippen molar-refractivity contribution in [3.8, 4) is 0 Å². The van der Waals surface area contributed by atoms with E-state index in [1.54, 1.807) is 30.8 Å². The van der Waals surface area contributed by atoms with Crippen LogP contribution in [0.2, 0.25) is 5.02 Å². The summed E-state index contributed by atoms with van der Waals surface area (Å²) in [5.74, 6) is 1.62. The first-order valence-corrected chi connectivity index (χ1v) is 13.1. The molecule has 1 aromatic carbocycles. The molecule has 0 bridgehead atoms. The minimum Gasteiger partial charge on any atom is -0.305 e. The molecular formula is C20H31ClN4O2S2. The Morgan fingerprint density at radius 1 is 1.07 bits per heavy atom. The van der Waals surface area contributed by atoms with Gasteiger partial charge in [-0.3, -0.25) is 0 Å². The van der Waals surface area contributed by atoms with Crippen LogP contribution in [0.15, 0.2) is 34.3 Å². The smallest absolute Gasteiger partial charge is 0.241 e. The summed E-state index contributed by atoms with van der Waals surface area (Å²) < 4.78 is 29.9. The number of sulfonamides is 1. The van der Waals surface area contributed by atoms with Gasteiger partial charge in [0.05, 0.1) is 10.9 Å². The van der Waals surface area contributed by atoms with Crippen LogP contribution in [0.5, 0.6) is 0 Å². The van der Waals surface area contributed by atoms with Crippen LogP contribution in [0.3, 0.4) is 0 Å². The van der Waals surface area contributed by atoms with E-state index in [9.17, 15) is 8.42 Å². The molecule has 0 aliphatic heterocycles. The summed E-state index contributed by atoms with van der Waals surface area (Å²) in [5.41, 5.74) is 0. The lowest BCUT2D eigenvalue weighted by molar-refractivity contribution is 0.539. The normalized spacial score (nSPS) is 13.0. The fraction of sp³-hybridized carbons (Fsp3) is 0.600. The quantitative estimate of drug-likeness (QED) is 0.319. The van der Waals surface area contributed by atoms with Gasteiger partial charge in [-0.05, 0) is 44.5 Å². The van der Waals surface area contributed by atoms with Crippen molar-refractivity contribution in [3.63, 3.8) is 0 Å². The van der Waals surface area contributed by atoms with Crippen molar-refractivity contribution >= 4 is 33.4 Å². The lowest BCUT2D eigenvalue weighted by atomic mass is 10.1. The molecule has 2 rings (SSSR count). The van der Waals surface area contributed by atoms with E-state index >= 15 is 0 Å². The summed E-state index contributed by atoms with van der Waals surface area (Å²) in [7, 11) is -3.67. The molecule has 1 N–H and O–H groups in total. The molecule has 0 saturated carbocycles. The van der Waals surface area contributed by atoms with Gasteiger partial charge in [-0.1, -0.05) is 62.4 Å². The van der Waals surface area contributed by atoms with Gasteiger partial charge in [0, 0.05) is 17.3 Å². The third-order valence-electron chi connectivity index (χ3n) is 4.63. The molecule has 0 aliphatic carbocycles. The third kappa shape index (κ3) is 7.27. The molecule has 1 aromatic heterocycles. The highest BCUT2D eigenvalue weighted by atomic mass is 35.5. The predicted molar refractivity (Wildman–Crippen MR) is 120 cm³/mol. The molecular weight excluding hydrogens is 428 g/mol. The van der Waals surface area contributed by atoms with Gasteiger partial charge in [-0.15, -0.1) is 10.2 Å². The number of aromatic nitrogens is 3. The number of benzene rings is 1. The van der Waals surface area contributed by atoms with Gasteiger partial charge in [-0.2, -0.15) is 0 Å². The number of halogens is 1. The third-order valence-corrected chi connectivity index (χ3v) is 7.50. The first-order chi connectivity index (χ1) is 13.9. The van der Waals surface area contributed by atoms with Gasteiger partial charge in [0.1, 0.15) is 0 Å². The van der Waals surface area contributed by atoms with Crippen LogP contribution in [0.4, 0.5) is 0 Å². The Kier molecular flexibility index (Phi) is 9.95. The SMILES string of the molecule is CCCCCCCCSc1nnc([C@@H](C)NS(=O)(=O)c2ccc(Cl)cc2)n1CC. The summed E-state index contributed by atoms with van der Waals surface area (Å²) in [6, 6.07) is 5.61. The highest BCUT2D eigenvalue weighted by Gasteiger charge is 2.23. The zero-order valence-corrected chi connectivity index (χ0v) is 19.8. The zero-order valence-electron chi connectivity index (χ0n) is 17.4. The Bertz CT molecular complexity index is 854. The summed E-state index contributed by atoms with van der Waals surface area (Å²) in [6.07, 6.45) is 7.55. The van der Waals surface area contributed by atoms with E-state index in [1.807, 2.05) is 11.5 Å². The van der Waals surface area contributed by atoms with Crippen molar-refractivity contribution in [2.75, 3.05) is 5.75 Å². The predicted octanol–water partition coefficient (Wildman–Crippen LogP) is 5.44. The van der Waals surface area contributed by atoms with Crippen molar-refractivity contribution in [2.45, 2.75) is 81.9 Å². The number of unbranched alkanes of at least 4 members (excludes halogenated alkanes) is 5. The Morgan fingerprint density at radius 3 is 2.38 bits per heavy atom. The topological polar surface area (TPSA) is 76.9 Å². The minimum atomic E-state index is -3.67. The number of nitrogens with one attached hydrogen (secondary N) is 1. The molecule has 162 valence electrons. The first-order valence-electron chi connectivity index (χ1n) is 10.2. The van der Waals surface area contributed by atoms with Crippen molar-refractivity contribution in [3.05, 3.63) is 35.1 Å². The zero-order chi connectivity index (χ0) is 21.3. The monoisotopic (exact) mass is 458 g/mol. The average molecular weight is 459 g/mol. The highest BCUT2D eigenvalue weighted by molar-refractivity contribution is 7.99. The van der Waals surface area contributed by atoms with Crippen LogP contribution in [-0.4, -0.2) is 28.9 Å². The summed E-state index contributed by atoms with van der Waals surface area (Å²) in [4.78, 5) is 0.175. The van der Waals surface area contributed by atoms with Crippen LogP contribution in [0.25, 0.3) is 0 Å². The van der Waals surface area contributed by atoms with E-state index in [0.717, 1.165) is 17.3 Å². The molecule has 0 unspecified atom stereocenters. The number of nitrogens with zero attached hydrogens (tertiary/aromatic N) is 3. The van der Waals surface area contributed by atoms with Crippen LogP contribution in [-0.2, 0) is 16.6 Å². The fourth-order valence-electron chi connectivity index (χ4n) is 3.04. The van der Waals surface area contributed by atoms with Crippen LogP contribution in [0, 0.1) is 0 Å². The molecule has 0 fully saturated rings. The second-order valence-electron chi connectivity index (χ2n) is 7.00. The fourth-order valence-corrected chi connectivity index (χ4v) is 5.37. The molecule has 0 radical (unpaired) electrons. The van der Waals surface area contributed by atoms with Gasteiger partial charge >= 0.3 is 0 Å². The maximum Gasteiger partial charge on any atom is 0.241 e. The van der Waals surface area contributed by atoms with E-state index in [-0.39, 0.29) is 4.90 Å². The molecule has 0 spiro atoms. The largest absolute Gasteiger partial charge is 0.305 e. The molecule has 1 atom stereocenters. The van der Waals surface area contributed by atoms with Gasteiger partial charge < -0.3 is 4.57 Å². The molecule has 0 aliphatic rings. The molecule has 29 heavy (non-hydrogen) atoms. The second-order valence-corrected chi connectivity index (χ2v) is 10.2. The van der Waals surface area contributed by atoms with Gasteiger partial charge in [0.2, 0.25) is 10.0 Å². The van der Waals surface area contributed by atoms with E-state index in [1.165, 1.54) is 44.2 Å². The first kappa shape index (κ1) is 24.2. The average Bonchev–Trinajstić information content (AvgIpc) is 3.10. The Balaban J connectivity index is 1.96. The van der Waals surface area contributed by atoms with Crippen molar-refractivity contribution in [2.24, 2.45) is 0 Å². The number of thioether (sulfide) groups is 1. The van der Waals surface area contributed by atoms with Crippen LogP contribution in [0.1, 0.15) is 71.2 Å². The van der Waals surface area contributed by atoms with Crippen LogP contribution < -0.4 is 4.72 Å². The minimum absolute atomic E-state index is 0.175. The Labute approximate surface area is 183 Å². The molecule has 2 aromatic rings. The molecule has 1 heterocycles. The van der Waals surface area contributed by atoms with Gasteiger partial charge in [0.25, 0.3) is 0 Å². The molecule has 9 heteroatoms. The maximum absolute atomic E-state index is 12.6. The number of rotatable bonds is 13. The highest BCUT2D eigenvalue weighted by Crippen LogP contribution is 2.23. The van der Waals surface area contributed by atoms with Gasteiger partial charge in [0.15, 0.2) is 11.0 Å². The standard InChI is InChI=1S/C20H31ClN4O2S2/c1-4-6-7-8-9-10-15-28-20-23-22-19(25(20)5-2)16(3)24-29(26,27)18-13-11-17(21)12-14-18/h11-14,16,24H,4-10,15H2,1-3H3/t16-/m1/s1. The van der Waals surface area contributed by atoms with E-state index in [4.69, 9.17) is 11.6 Å². The lowest BCUT2D eigenvalue weighted by Gasteiger charge is -2.15. The molecule has 6 nitrogen and oxygen atoms in total. The van der Waals surface area contributed by atoms with Crippen molar-refractivity contribution < 1.29 is 8.42 Å². The molecule has 0 saturated heterocycles. The summed E-state index contributed by atoms with van der Waals surface area (Å²) >= 11 is 7.54. The summed E-state index contributed by atoms with van der Waals surface area (Å²) in [5, 5.41) is 9.89. The Morgan fingerprint density at radius 2 is 1.72 bits per heavy atom. The second kappa shape index (κ2) is 11.9. The maximum atomic E-state index is 12.6. The summed E-state index contributed by atoms with van der Waals surface area (Å²) in [6.45, 7) is 6.71. The lowest BCUT2D eigenvalue weighted by Crippen LogP contribution is -2.29. The Hall–Kier alpha value is -1.09. The van der Waals surface area contributed by atoms with Crippen LogP contribution >= 0.6 is 23.4 Å². The van der Waals surface area contributed by atoms with E-state index in [2.05, 4.69) is 21.8 Å². The van der Waals surface area contributed by atoms with Crippen molar-refractivity contribution in [1.29, 1.82) is 0 Å². The van der Waals surface area contributed by atoms with Crippen molar-refractivity contribution in [1.82, 2.24) is 19.5 Å². The number of hydrogen-bond acceptors (Lipinski definition) is 5.